The van der Waals surface area contributed by atoms with E-state index in [1.807, 2.05) is 41.5 Å². The number of carboxylic acids is 1. The van der Waals surface area contributed by atoms with Crippen molar-refractivity contribution in [1.29, 1.82) is 0 Å². The van der Waals surface area contributed by atoms with Crippen LogP contribution in [0.25, 0.3) is 0 Å². The summed E-state index contributed by atoms with van der Waals surface area (Å²) in [7, 11) is 0. The molecule has 7 N–H and O–H groups in total. The Morgan fingerprint density at radius 3 is 1.84 bits per heavy atom. The molecular weight excluding hydrogens is 582 g/mol. The Balaban J connectivity index is 3.00. The van der Waals surface area contributed by atoms with Crippen molar-refractivity contribution in [2.75, 3.05) is 6.54 Å². The molecule has 1 aliphatic rings. The molecule has 5 amide bonds. The van der Waals surface area contributed by atoms with Crippen LogP contribution in [-0.4, -0.2) is 82.5 Å². The van der Waals surface area contributed by atoms with Gasteiger partial charge in [-0.3, -0.25) is 28.8 Å². The van der Waals surface area contributed by atoms with Gasteiger partial charge in [-0.1, -0.05) is 54.4 Å². The van der Waals surface area contributed by atoms with Gasteiger partial charge in [0.2, 0.25) is 29.5 Å². The average Bonchev–Trinajstić information content (AvgIpc) is 3.73. The molecule has 258 valence electrons. The van der Waals surface area contributed by atoms with Crippen LogP contribution < -0.4 is 26.6 Å². The van der Waals surface area contributed by atoms with Crippen molar-refractivity contribution < 1.29 is 39.0 Å². The van der Waals surface area contributed by atoms with Crippen LogP contribution in [0.5, 0.6) is 0 Å². The molecule has 1 saturated carbocycles. The van der Waals surface area contributed by atoms with E-state index in [1.165, 1.54) is 0 Å². The van der Waals surface area contributed by atoms with E-state index in [0.717, 1.165) is 12.8 Å². The van der Waals surface area contributed by atoms with E-state index in [-0.39, 0.29) is 55.3 Å². The van der Waals surface area contributed by atoms with Gasteiger partial charge >= 0.3 is 5.97 Å². The fourth-order valence-corrected chi connectivity index (χ4v) is 5.05. The number of hydrogen-bond donors (Lipinski definition) is 7. The molecule has 0 aromatic rings. The number of aliphatic hydroxyl groups excluding tert-OH is 1. The van der Waals surface area contributed by atoms with Crippen molar-refractivity contribution in [2.24, 2.45) is 23.7 Å². The van der Waals surface area contributed by atoms with Gasteiger partial charge in [0.05, 0.1) is 18.6 Å². The topological polar surface area (TPSA) is 203 Å². The van der Waals surface area contributed by atoms with E-state index in [1.54, 1.807) is 6.92 Å². The molecule has 0 saturated heterocycles. The predicted molar refractivity (Wildman–Crippen MR) is 170 cm³/mol. The Labute approximate surface area is 267 Å². The molecule has 5 atom stereocenters. The molecule has 0 aromatic heterocycles. The van der Waals surface area contributed by atoms with Crippen LogP contribution in [0.4, 0.5) is 0 Å². The van der Waals surface area contributed by atoms with E-state index in [0.29, 0.717) is 25.8 Å². The Morgan fingerprint density at radius 2 is 1.33 bits per heavy atom. The van der Waals surface area contributed by atoms with Crippen molar-refractivity contribution in [1.82, 2.24) is 26.6 Å². The van der Waals surface area contributed by atoms with Crippen LogP contribution in [0.1, 0.15) is 106 Å². The summed E-state index contributed by atoms with van der Waals surface area (Å²) >= 11 is 0. The minimum absolute atomic E-state index is 0.0380. The standard InChI is InChI=1S/C32H57N5O8/c1-8-33-32(45)29(20(6)7)37-27(40)17-25(38)22(14-18(2)3)35-31(44)24(16-21-12-13-21)36-30(43)23(15-19(4)5)34-26(39)10-9-11-28(41)42/h18-25,29,38H,8-17H2,1-7H3,(H,33,45)(H,34,39)(H,35,44)(H,36,43)(H,37,40)(H,41,42)/t22-,23-,24-,25-,29?/m0/s1. The molecule has 1 aliphatic carbocycles. The van der Waals surface area contributed by atoms with Gasteiger partial charge in [0.1, 0.15) is 18.1 Å². The highest BCUT2D eigenvalue weighted by molar-refractivity contribution is 5.92. The first kappa shape index (κ1) is 39.8. The lowest BCUT2D eigenvalue weighted by atomic mass is 9.95. The van der Waals surface area contributed by atoms with Crippen LogP contribution >= 0.6 is 0 Å². The van der Waals surface area contributed by atoms with Crippen molar-refractivity contribution in [3.8, 4) is 0 Å². The molecule has 13 heteroatoms. The Bertz CT molecular complexity index is 998. The number of aliphatic hydroxyl groups is 1. The van der Waals surface area contributed by atoms with Gasteiger partial charge < -0.3 is 36.8 Å². The fraction of sp³-hybridized carbons (Fsp3) is 0.812. The normalized spacial score (nSPS) is 16.3. The molecule has 1 unspecified atom stereocenters. The zero-order valence-corrected chi connectivity index (χ0v) is 28.1. The van der Waals surface area contributed by atoms with Crippen LogP contribution in [-0.2, 0) is 28.8 Å². The summed E-state index contributed by atoms with van der Waals surface area (Å²) in [5.41, 5.74) is 0. The maximum absolute atomic E-state index is 13.6. The summed E-state index contributed by atoms with van der Waals surface area (Å²) in [6, 6.07) is -3.37. The third-order valence-electron chi connectivity index (χ3n) is 7.58. The molecule has 0 heterocycles. The molecule has 1 rings (SSSR count). The quantitative estimate of drug-likeness (QED) is 0.0925. The van der Waals surface area contributed by atoms with Gasteiger partial charge in [0.25, 0.3) is 0 Å². The summed E-state index contributed by atoms with van der Waals surface area (Å²) in [5.74, 6) is -3.07. The highest BCUT2D eigenvalue weighted by Gasteiger charge is 2.35. The lowest BCUT2D eigenvalue weighted by Crippen LogP contribution is -2.57. The number of likely N-dealkylation sites (N-methyl/N-ethyl adjacent to an activating group) is 1. The summed E-state index contributed by atoms with van der Waals surface area (Å²) < 4.78 is 0. The number of amides is 5. The molecule has 0 bridgehead atoms. The van der Waals surface area contributed by atoms with E-state index in [2.05, 4.69) is 26.6 Å². The number of aliphatic carboxylic acids is 1. The van der Waals surface area contributed by atoms with Crippen molar-refractivity contribution in [3.05, 3.63) is 0 Å². The summed E-state index contributed by atoms with van der Waals surface area (Å²) in [6.45, 7) is 13.5. The summed E-state index contributed by atoms with van der Waals surface area (Å²) in [5, 5.41) is 33.7. The Morgan fingerprint density at radius 1 is 0.733 bits per heavy atom. The molecule has 13 nitrogen and oxygen atoms in total. The van der Waals surface area contributed by atoms with E-state index >= 15 is 0 Å². The minimum Gasteiger partial charge on any atom is -0.481 e. The zero-order chi connectivity index (χ0) is 34.3. The van der Waals surface area contributed by atoms with Gasteiger partial charge in [-0.15, -0.1) is 0 Å². The minimum atomic E-state index is -1.24. The molecule has 45 heavy (non-hydrogen) atoms. The lowest BCUT2D eigenvalue weighted by Gasteiger charge is -2.29. The summed E-state index contributed by atoms with van der Waals surface area (Å²) in [6.07, 6.45) is 1.32. The maximum Gasteiger partial charge on any atom is 0.303 e. The highest BCUT2D eigenvalue weighted by Crippen LogP contribution is 2.33. The Hall–Kier alpha value is -3.22. The third kappa shape index (κ3) is 16.6. The first-order valence-electron chi connectivity index (χ1n) is 16.4. The smallest absolute Gasteiger partial charge is 0.303 e. The first-order chi connectivity index (χ1) is 21.0. The number of hydrogen-bond acceptors (Lipinski definition) is 7. The van der Waals surface area contributed by atoms with E-state index < -0.39 is 59.9 Å². The molecule has 1 fully saturated rings. The second kappa shape index (κ2) is 20.0. The predicted octanol–water partition coefficient (Wildman–Crippen LogP) is 1.62. The lowest BCUT2D eigenvalue weighted by molar-refractivity contribution is -0.137. The van der Waals surface area contributed by atoms with Gasteiger partial charge in [-0.2, -0.15) is 0 Å². The van der Waals surface area contributed by atoms with Crippen LogP contribution in [0.15, 0.2) is 0 Å². The number of carbonyl (C=O) groups excluding carboxylic acids is 5. The number of carbonyl (C=O) groups is 6. The number of rotatable bonds is 22. The van der Waals surface area contributed by atoms with E-state index in [9.17, 15) is 33.9 Å². The van der Waals surface area contributed by atoms with Crippen LogP contribution in [0.2, 0.25) is 0 Å². The van der Waals surface area contributed by atoms with Crippen molar-refractivity contribution in [3.63, 3.8) is 0 Å². The monoisotopic (exact) mass is 639 g/mol. The average molecular weight is 640 g/mol. The third-order valence-corrected chi connectivity index (χ3v) is 7.58. The maximum atomic E-state index is 13.6. The Kier molecular flexibility index (Phi) is 17.7. The highest BCUT2D eigenvalue weighted by atomic mass is 16.4. The second-order valence-corrected chi connectivity index (χ2v) is 13.4. The number of nitrogens with one attached hydrogen (secondary N) is 5. The fourth-order valence-electron chi connectivity index (χ4n) is 5.05. The van der Waals surface area contributed by atoms with Gasteiger partial charge in [0.15, 0.2) is 0 Å². The molecule has 0 radical (unpaired) electrons. The largest absolute Gasteiger partial charge is 0.481 e. The molecular formula is C32H57N5O8. The van der Waals surface area contributed by atoms with E-state index in [4.69, 9.17) is 5.11 Å². The first-order valence-corrected chi connectivity index (χ1v) is 16.4. The van der Waals surface area contributed by atoms with Gasteiger partial charge in [-0.05, 0) is 56.3 Å². The van der Waals surface area contributed by atoms with Crippen molar-refractivity contribution >= 4 is 35.5 Å². The zero-order valence-electron chi connectivity index (χ0n) is 28.1. The van der Waals surface area contributed by atoms with Crippen molar-refractivity contribution in [2.45, 2.75) is 137 Å². The second-order valence-electron chi connectivity index (χ2n) is 13.4. The summed E-state index contributed by atoms with van der Waals surface area (Å²) in [4.78, 5) is 75.5. The SMILES string of the molecule is CCNC(=O)C(NC(=O)C[C@H](O)[C@H](CC(C)C)NC(=O)[C@H](CC1CC1)NC(=O)[C@H](CC(C)C)NC(=O)CCCC(=O)O)C(C)C. The van der Waals surface area contributed by atoms with Crippen LogP contribution in [0.3, 0.4) is 0 Å². The molecule has 0 aliphatic heterocycles. The number of carboxylic acid groups (broad SMARTS) is 1. The van der Waals surface area contributed by atoms with Gasteiger partial charge in [-0.25, -0.2) is 0 Å². The molecule has 0 aromatic carbocycles. The van der Waals surface area contributed by atoms with Crippen LogP contribution in [0, 0.1) is 23.7 Å². The molecule has 0 spiro atoms. The van der Waals surface area contributed by atoms with Gasteiger partial charge in [0, 0.05) is 19.4 Å².